The van der Waals surface area contributed by atoms with Gasteiger partial charge in [-0.1, -0.05) is 6.92 Å². The van der Waals surface area contributed by atoms with Crippen molar-refractivity contribution in [3.8, 4) is 0 Å². The van der Waals surface area contributed by atoms with E-state index >= 15 is 0 Å². The number of piperidine rings is 1. The van der Waals surface area contributed by atoms with Gasteiger partial charge in [-0.25, -0.2) is 4.98 Å². The van der Waals surface area contributed by atoms with Crippen LogP contribution in [0.1, 0.15) is 26.2 Å². The van der Waals surface area contributed by atoms with E-state index in [1.54, 1.807) is 6.20 Å². The van der Waals surface area contributed by atoms with Gasteiger partial charge in [0.25, 0.3) is 0 Å². The Kier molecular flexibility index (Phi) is 4.11. The maximum absolute atomic E-state index is 11.4. The summed E-state index contributed by atoms with van der Waals surface area (Å²) in [6, 6.07) is 1.88. The number of nitrogens with zero attached hydrogens (tertiary/aromatic N) is 4. The molecule has 2 rings (SSSR count). The van der Waals surface area contributed by atoms with Gasteiger partial charge < -0.3 is 14.9 Å². The average Bonchev–Trinajstić information content (AvgIpc) is 2.47. The molecule has 0 unspecified atom stereocenters. The number of hydrogen-bond donors (Lipinski definition) is 1. The van der Waals surface area contributed by atoms with Gasteiger partial charge in [0.05, 0.1) is 5.41 Å². The summed E-state index contributed by atoms with van der Waals surface area (Å²) in [5, 5.41) is 9.41. The molecule has 1 aromatic rings. The lowest BCUT2D eigenvalue weighted by molar-refractivity contribution is -0.150. The number of aromatic nitrogens is 2. The summed E-state index contributed by atoms with van der Waals surface area (Å²) in [5.41, 5.74) is -0.562. The van der Waals surface area contributed by atoms with Crippen LogP contribution in [0.4, 0.5) is 11.8 Å². The molecule has 0 saturated carbocycles. The molecule has 1 aliphatic rings. The third-order valence-corrected chi connectivity index (χ3v) is 4.20. The number of carboxylic acids is 1. The molecule has 0 atom stereocenters. The van der Waals surface area contributed by atoms with Crippen LogP contribution in [0.25, 0.3) is 0 Å². The number of aliphatic carboxylic acids is 1. The fraction of sp³-hybridized carbons (Fsp3) is 0.643. The first-order chi connectivity index (χ1) is 9.48. The van der Waals surface area contributed by atoms with Gasteiger partial charge in [-0.05, 0) is 25.3 Å². The van der Waals surface area contributed by atoms with Gasteiger partial charge >= 0.3 is 5.97 Å². The fourth-order valence-corrected chi connectivity index (χ4v) is 2.61. The monoisotopic (exact) mass is 278 g/mol. The molecule has 110 valence electrons. The fourth-order valence-electron chi connectivity index (χ4n) is 2.61. The maximum atomic E-state index is 11.4. The van der Waals surface area contributed by atoms with Crippen LogP contribution in [0.5, 0.6) is 0 Å². The van der Waals surface area contributed by atoms with Crippen LogP contribution in [0.2, 0.25) is 0 Å². The molecule has 6 nitrogen and oxygen atoms in total. The standard InChI is InChI=1S/C14H22N4O2/c1-4-14(12(19)20)6-9-18(10-7-14)11-5-8-15-13(16-11)17(2)3/h5,8H,4,6-7,9-10H2,1-3H3,(H,19,20). The minimum atomic E-state index is -0.670. The predicted octanol–water partition coefficient (Wildman–Crippen LogP) is 1.62. The second kappa shape index (κ2) is 5.64. The maximum Gasteiger partial charge on any atom is 0.309 e. The van der Waals surface area contributed by atoms with E-state index < -0.39 is 11.4 Å². The topological polar surface area (TPSA) is 69.6 Å². The van der Waals surface area contributed by atoms with Gasteiger partial charge in [0.1, 0.15) is 5.82 Å². The van der Waals surface area contributed by atoms with E-state index in [1.807, 2.05) is 32.0 Å². The molecule has 0 amide bonds. The van der Waals surface area contributed by atoms with Crippen molar-refractivity contribution in [2.45, 2.75) is 26.2 Å². The van der Waals surface area contributed by atoms with Gasteiger partial charge in [-0.3, -0.25) is 4.79 Å². The smallest absolute Gasteiger partial charge is 0.309 e. The van der Waals surface area contributed by atoms with Crippen LogP contribution in [-0.2, 0) is 4.79 Å². The highest BCUT2D eigenvalue weighted by Crippen LogP contribution is 2.36. The Morgan fingerprint density at radius 2 is 2.10 bits per heavy atom. The van der Waals surface area contributed by atoms with Crippen molar-refractivity contribution >= 4 is 17.7 Å². The second-order valence-corrected chi connectivity index (χ2v) is 5.54. The molecular formula is C14H22N4O2. The largest absolute Gasteiger partial charge is 0.481 e. The molecule has 1 aromatic heterocycles. The van der Waals surface area contributed by atoms with Crippen molar-refractivity contribution in [3.05, 3.63) is 12.3 Å². The zero-order chi connectivity index (χ0) is 14.8. The minimum Gasteiger partial charge on any atom is -0.481 e. The van der Waals surface area contributed by atoms with Gasteiger partial charge in [0.15, 0.2) is 0 Å². The first-order valence-corrected chi connectivity index (χ1v) is 6.97. The van der Waals surface area contributed by atoms with E-state index in [0.29, 0.717) is 25.2 Å². The van der Waals surface area contributed by atoms with Crippen LogP contribution < -0.4 is 9.80 Å². The molecule has 0 aliphatic carbocycles. The summed E-state index contributed by atoms with van der Waals surface area (Å²) in [4.78, 5) is 24.2. The first-order valence-electron chi connectivity index (χ1n) is 6.97. The van der Waals surface area contributed by atoms with E-state index in [2.05, 4.69) is 14.9 Å². The van der Waals surface area contributed by atoms with Crippen molar-refractivity contribution in [2.75, 3.05) is 37.0 Å². The molecule has 1 fully saturated rings. The highest BCUT2D eigenvalue weighted by atomic mass is 16.4. The molecule has 0 aromatic carbocycles. The molecule has 1 saturated heterocycles. The van der Waals surface area contributed by atoms with Crippen molar-refractivity contribution < 1.29 is 9.90 Å². The third kappa shape index (κ3) is 2.69. The summed E-state index contributed by atoms with van der Waals surface area (Å²) < 4.78 is 0. The number of rotatable bonds is 4. The third-order valence-electron chi connectivity index (χ3n) is 4.20. The summed E-state index contributed by atoms with van der Waals surface area (Å²) in [7, 11) is 3.81. The van der Waals surface area contributed by atoms with Crippen LogP contribution >= 0.6 is 0 Å². The molecular weight excluding hydrogens is 256 g/mol. The number of hydrogen-bond acceptors (Lipinski definition) is 5. The lowest BCUT2D eigenvalue weighted by Gasteiger charge is -2.38. The minimum absolute atomic E-state index is 0.562. The zero-order valence-corrected chi connectivity index (χ0v) is 12.3. The summed E-state index contributed by atoms with van der Waals surface area (Å²) in [5.74, 6) is 0.878. The van der Waals surface area contributed by atoms with E-state index in [0.717, 1.165) is 18.9 Å². The first kappa shape index (κ1) is 14.6. The Morgan fingerprint density at radius 3 is 2.60 bits per heavy atom. The summed E-state index contributed by atoms with van der Waals surface area (Å²) >= 11 is 0. The highest BCUT2D eigenvalue weighted by molar-refractivity contribution is 5.75. The number of carbonyl (C=O) groups is 1. The second-order valence-electron chi connectivity index (χ2n) is 5.54. The normalized spacial score (nSPS) is 17.9. The SMILES string of the molecule is CCC1(C(=O)O)CCN(c2ccnc(N(C)C)n2)CC1. The van der Waals surface area contributed by atoms with E-state index in [4.69, 9.17) is 0 Å². The molecule has 6 heteroatoms. The Hall–Kier alpha value is -1.85. The van der Waals surface area contributed by atoms with Crippen LogP contribution in [-0.4, -0.2) is 48.2 Å². The van der Waals surface area contributed by atoms with Crippen molar-refractivity contribution in [1.29, 1.82) is 0 Å². The van der Waals surface area contributed by atoms with Gasteiger partial charge in [0.2, 0.25) is 5.95 Å². The van der Waals surface area contributed by atoms with Crippen molar-refractivity contribution in [2.24, 2.45) is 5.41 Å². The van der Waals surface area contributed by atoms with Crippen LogP contribution in [0, 0.1) is 5.41 Å². The number of carboxylic acid groups (broad SMARTS) is 1. The summed E-state index contributed by atoms with van der Waals surface area (Å²) in [6.07, 6.45) is 3.76. The van der Waals surface area contributed by atoms with Crippen molar-refractivity contribution in [1.82, 2.24) is 9.97 Å². The van der Waals surface area contributed by atoms with E-state index in [-0.39, 0.29) is 0 Å². The Labute approximate surface area is 119 Å². The average molecular weight is 278 g/mol. The molecule has 1 aliphatic heterocycles. The Balaban J connectivity index is 2.11. The lowest BCUT2D eigenvalue weighted by atomic mass is 9.76. The molecule has 1 N–H and O–H groups in total. The van der Waals surface area contributed by atoms with Crippen LogP contribution in [0.15, 0.2) is 12.3 Å². The van der Waals surface area contributed by atoms with Crippen molar-refractivity contribution in [3.63, 3.8) is 0 Å². The molecule has 20 heavy (non-hydrogen) atoms. The quantitative estimate of drug-likeness (QED) is 0.902. The van der Waals surface area contributed by atoms with Gasteiger partial charge in [-0.15, -0.1) is 0 Å². The highest BCUT2D eigenvalue weighted by Gasteiger charge is 2.40. The summed E-state index contributed by atoms with van der Waals surface area (Å²) in [6.45, 7) is 3.41. The van der Waals surface area contributed by atoms with Crippen LogP contribution in [0.3, 0.4) is 0 Å². The molecule has 0 radical (unpaired) electrons. The van der Waals surface area contributed by atoms with Gasteiger partial charge in [0, 0.05) is 33.4 Å². The molecule has 0 bridgehead atoms. The predicted molar refractivity (Wildman–Crippen MR) is 78.2 cm³/mol. The number of anilines is 2. The lowest BCUT2D eigenvalue weighted by Crippen LogP contribution is -2.44. The van der Waals surface area contributed by atoms with E-state index in [1.165, 1.54) is 0 Å². The van der Waals surface area contributed by atoms with E-state index in [9.17, 15) is 9.90 Å². The zero-order valence-electron chi connectivity index (χ0n) is 12.3. The van der Waals surface area contributed by atoms with Gasteiger partial charge in [-0.2, -0.15) is 4.98 Å². The molecule has 0 spiro atoms. The Morgan fingerprint density at radius 1 is 1.45 bits per heavy atom. The molecule has 2 heterocycles. The Bertz CT molecular complexity index is 482.